The molecule has 0 bridgehead atoms. The summed E-state index contributed by atoms with van der Waals surface area (Å²) in [7, 11) is 1.81. The van der Waals surface area contributed by atoms with Crippen LogP contribution in [0.5, 0.6) is 0 Å². The Hall–Kier alpha value is -6.57. The van der Waals surface area contributed by atoms with E-state index in [2.05, 4.69) is 40.4 Å². The maximum absolute atomic E-state index is 16.0. The van der Waals surface area contributed by atoms with Gasteiger partial charge in [-0.05, 0) is 78.9 Å². The summed E-state index contributed by atoms with van der Waals surface area (Å²) in [6.07, 6.45) is 4.86. The summed E-state index contributed by atoms with van der Waals surface area (Å²) in [5.74, 6) is -1.38. The van der Waals surface area contributed by atoms with E-state index in [1.807, 2.05) is 54.1 Å². The second-order valence-electron chi connectivity index (χ2n) is 18.1. The van der Waals surface area contributed by atoms with E-state index in [0.717, 1.165) is 98.6 Å². The summed E-state index contributed by atoms with van der Waals surface area (Å²) in [4.78, 5) is 70.9. The molecule has 3 fully saturated rings. The molecule has 6 aromatic rings. The first-order valence-corrected chi connectivity index (χ1v) is 23.8. The minimum atomic E-state index is -1.05. The lowest BCUT2D eigenvalue weighted by Crippen LogP contribution is -2.50. The molecule has 67 heavy (non-hydrogen) atoms. The number of aromatic nitrogens is 5. The van der Waals surface area contributed by atoms with Crippen LogP contribution in [0.2, 0.25) is 0 Å². The molecule has 0 aliphatic carbocycles. The number of likely N-dealkylation sites (tertiary alicyclic amines) is 1. The highest BCUT2D eigenvalue weighted by molar-refractivity contribution is 7.13. The highest BCUT2D eigenvalue weighted by atomic mass is 32.1. The molecule has 0 radical (unpaired) electrons. The number of anilines is 3. The third-order valence-corrected chi connectivity index (χ3v) is 14.9. The predicted octanol–water partition coefficient (Wildman–Crippen LogP) is 5.71. The Morgan fingerprint density at radius 3 is 2.52 bits per heavy atom. The number of carbonyl (C=O) groups is 4. The van der Waals surface area contributed by atoms with Gasteiger partial charge in [0.05, 0.1) is 24.1 Å². The zero-order chi connectivity index (χ0) is 45.9. The van der Waals surface area contributed by atoms with Crippen LogP contribution in [0.25, 0.3) is 22.0 Å². The fourth-order valence-corrected chi connectivity index (χ4v) is 11.1. The smallest absolute Gasteiger partial charge is 0.329 e. The highest BCUT2D eigenvalue weighted by Crippen LogP contribution is 2.39. The molecule has 346 valence electrons. The standard InChI is InChI=1S/C48H50F2N12O4S/c1-56-40-25-30(6-9-34(40)44(55-56)61-15-11-41(63)53-48(61)66)33-10-14-58(27-38(33)50)17-16-57-18-20-59(21-19-57)32-7-4-29(5-8-32)31-23-35-36(37(49)24-31)26-62(46(35)65)43(45(64)54-47-51-12-22-67-47)42-39-3-2-13-60(39)28-52-42/h4-9,12,22-25,28,33,38,43H,2-3,10-11,13-21,26-27H2,1H3,(H,51,54,64)(H,53,63,66). The van der Waals surface area contributed by atoms with Gasteiger partial charge in [0.15, 0.2) is 17.0 Å². The van der Waals surface area contributed by atoms with Crippen molar-refractivity contribution in [3.8, 4) is 11.1 Å². The van der Waals surface area contributed by atoms with Crippen LogP contribution in [0.15, 0.2) is 72.5 Å². The van der Waals surface area contributed by atoms with E-state index in [0.29, 0.717) is 35.2 Å². The molecule has 16 nitrogen and oxygen atoms in total. The van der Waals surface area contributed by atoms with Gasteiger partial charge in [0.25, 0.3) is 11.8 Å². The lowest BCUT2D eigenvalue weighted by Gasteiger charge is -2.39. The van der Waals surface area contributed by atoms with E-state index in [4.69, 9.17) is 0 Å². The van der Waals surface area contributed by atoms with Crippen molar-refractivity contribution in [2.24, 2.45) is 7.05 Å². The van der Waals surface area contributed by atoms with Crippen molar-refractivity contribution in [3.63, 3.8) is 0 Å². The number of nitrogens with one attached hydrogen (secondary N) is 2. The number of piperazine rings is 1. The summed E-state index contributed by atoms with van der Waals surface area (Å²) in [5.41, 5.74) is 6.10. The number of benzene rings is 3. The zero-order valence-electron chi connectivity index (χ0n) is 37.0. The number of alkyl halides is 1. The molecule has 0 saturated carbocycles. The number of aryl methyl sites for hydroxylation is 2. The van der Waals surface area contributed by atoms with Gasteiger partial charge in [0.2, 0.25) is 5.91 Å². The van der Waals surface area contributed by atoms with Crippen molar-refractivity contribution in [3.05, 3.63) is 106 Å². The SMILES string of the molecule is Cn1nc(N2CCC(=O)NC2=O)c2ccc(C3CCN(CCN4CCN(c5ccc(-c6cc(F)c7c(c6)C(=O)N(C(C(=O)Nc6nccs6)c6ncn8c6CCC8)C7)cc5)CC4)CC3F)cc21. The molecule has 5 aliphatic rings. The quantitative estimate of drug-likeness (QED) is 0.165. The van der Waals surface area contributed by atoms with Crippen molar-refractivity contribution >= 4 is 62.6 Å². The van der Waals surface area contributed by atoms with Gasteiger partial charge in [-0.25, -0.2) is 23.5 Å². The van der Waals surface area contributed by atoms with Gasteiger partial charge in [-0.1, -0.05) is 18.2 Å². The van der Waals surface area contributed by atoms with Gasteiger partial charge in [0.1, 0.15) is 12.0 Å². The number of imidazole rings is 1. The molecule has 8 heterocycles. The number of rotatable bonds is 11. The summed E-state index contributed by atoms with van der Waals surface area (Å²) in [6.45, 7) is 7.23. The maximum atomic E-state index is 16.0. The number of amides is 5. The Morgan fingerprint density at radius 1 is 0.925 bits per heavy atom. The van der Waals surface area contributed by atoms with Crippen LogP contribution < -0.4 is 20.4 Å². The van der Waals surface area contributed by atoms with Gasteiger partial charge in [0, 0.05) is 118 Å². The Labute approximate surface area is 389 Å². The number of imide groups is 1. The lowest BCUT2D eigenvalue weighted by molar-refractivity contribution is -0.121. The van der Waals surface area contributed by atoms with Crippen LogP contribution in [-0.4, -0.2) is 128 Å². The number of hydrogen-bond acceptors (Lipinski definition) is 11. The first kappa shape index (κ1) is 43.0. The van der Waals surface area contributed by atoms with E-state index >= 15 is 8.78 Å². The normalized spacial score (nSPS) is 20.7. The predicted molar refractivity (Wildman–Crippen MR) is 249 cm³/mol. The molecule has 11 rings (SSSR count). The van der Waals surface area contributed by atoms with Crippen molar-refractivity contribution in [1.82, 2.24) is 44.3 Å². The molecule has 0 spiro atoms. The summed E-state index contributed by atoms with van der Waals surface area (Å²) in [6, 6.07) is 15.5. The molecule has 5 aliphatic heterocycles. The average Bonchev–Trinajstić information content (AvgIpc) is 4.19. The molecule has 5 amide bonds. The molecule has 3 saturated heterocycles. The van der Waals surface area contributed by atoms with Crippen molar-refractivity contribution in [1.29, 1.82) is 0 Å². The molecule has 3 unspecified atom stereocenters. The third-order valence-electron chi connectivity index (χ3n) is 14.2. The second kappa shape index (κ2) is 17.6. The Kier molecular flexibility index (Phi) is 11.3. The minimum absolute atomic E-state index is 0.0513. The Bertz CT molecular complexity index is 2890. The van der Waals surface area contributed by atoms with Crippen LogP contribution in [0, 0.1) is 5.82 Å². The van der Waals surface area contributed by atoms with Gasteiger partial charge >= 0.3 is 6.03 Å². The first-order valence-electron chi connectivity index (χ1n) is 23.0. The van der Waals surface area contributed by atoms with Crippen LogP contribution >= 0.6 is 11.3 Å². The number of piperidine rings is 1. The van der Waals surface area contributed by atoms with Crippen LogP contribution in [0.1, 0.15) is 64.1 Å². The number of halogens is 2. The lowest BCUT2D eigenvalue weighted by atomic mass is 9.87. The molecule has 19 heteroatoms. The molecular weight excluding hydrogens is 879 g/mol. The van der Waals surface area contributed by atoms with Gasteiger partial charge in [-0.3, -0.25) is 44.4 Å². The molecule has 3 aromatic carbocycles. The van der Waals surface area contributed by atoms with Crippen molar-refractivity contribution in [2.75, 3.05) is 74.0 Å². The third kappa shape index (κ3) is 8.11. The molecule has 3 aromatic heterocycles. The zero-order valence-corrected chi connectivity index (χ0v) is 37.9. The molecule has 3 atom stereocenters. The van der Waals surface area contributed by atoms with Crippen LogP contribution in [-0.2, 0) is 36.1 Å². The summed E-state index contributed by atoms with van der Waals surface area (Å²) in [5, 5.41) is 12.7. The Balaban J connectivity index is 0.687. The number of urea groups is 1. The van der Waals surface area contributed by atoms with Crippen LogP contribution in [0.3, 0.4) is 0 Å². The first-order chi connectivity index (χ1) is 32.6. The van der Waals surface area contributed by atoms with Crippen molar-refractivity contribution < 1.29 is 28.0 Å². The van der Waals surface area contributed by atoms with E-state index in [1.54, 1.807) is 28.7 Å². The number of hydrogen-bond donors (Lipinski definition) is 2. The van der Waals surface area contributed by atoms with E-state index in [1.165, 1.54) is 27.2 Å². The number of thiazole rings is 1. The number of nitrogens with zero attached hydrogens (tertiary/aromatic N) is 10. The largest absolute Gasteiger partial charge is 0.369 e. The van der Waals surface area contributed by atoms with Gasteiger partial charge in [-0.15, -0.1) is 11.3 Å². The summed E-state index contributed by atoms with van der Waals surface area (Å²) >= 11 is 1.28. The molecular formula is C48H50F2N12O4S. The second-order valence-corrected chi connectivity index (χ2v) is 19.0. The molecule has 2 N–H and O–H groups in total. The van der Waals surface area contributed by atoms with Gasteiger partial charge in [-0.2, -0.15) is 5.10 Å². The summed E-state index contributed by atoms with van der Waals surface area (Å²) < 4.78 is 35.6. The van der Waals surface area contributed by atoms with E-state index < -0.39 is 35.9 Å². The highest BCUT2D eigenvalue weighted by Gasteiger charge is 2.42. The topological polar surface area (TPSA) is 157 Å². The minimum Gasteiger partial charge on any atom is -0.369 e. The van der Waals surface area contributed by atoms with E-state index in [9.17, 15) is 19.2 Å². The van der Waals surface area contributed by atoms with Gasteiger partial charge < -0.3 is 14.4 Å². The van der Waals surface area contributed by atoms with Crippen LogP contribution in [0.4, 0.5) is 30.2 Å². The monoisotopic (exact) mass is 928 g/mol. The van der Waals surface area contributed by atoms with Crippen molar-refractivity contribution in [2.45, 2.75) is 56.9 Å². The average molecular weight is 929 g/mol. The Morgan fingerprint density at radius 2 is 1.75 bits per heavy atom. The fourth-order valence-electron chi connectivity index (χ4n) is 10.5. The van der Waals surface area contributed by atoms with E-state index in [-0.39, 0.29) is 42.5 Å². The maximum Gasteiger partial charge on any atom is 0.329 e. The fraction of sp³-hybridized carbons (Fsp3) is 0.396. The number of carbonyl (C=O) groups excluding carboxylic acids is 4. The number of fused-ring (bicyclic) bond motifs is 3.